The van der Waals surface area contributed by atoms with Gasteiger partial charge in [0.1, 0.15) is 11.6 Å². The highest BCUT2D eigenvalue weighted by Crippen LogP contribution is 2.36. The fourth-order valence-corrected chi connectivity index (χ4v) is 3.10. The minimum atomic E-state index is -0.585. The van der Waals surface area contributed by atoms with Crippen LogP contribution in [0.25, 0.3) is 33.8 Å². The number of pyridine rings is 3. The molecule has 4 heterocycles. The monoisotopic (exact) mass is 418 g/mol. The van der Waals surface area contributed by atoms with E-state index in [9.17, 15) is 4.39 Å². The van der Waals surface area contributed by atoms with Crippen LogP contribution in [0.4, 0.5) is 16.2 Å². The Labute approximate surface area is 177 Å². The van der Waals surface area contributed by atoms with E-state index in [1.807, 2.05) is 0 Å². The molecule has 0 aliphatic rings. The van der Waals surface area contributed by atoms with E-state index >= 15 is 0 Å². The summed E-state index contributed by atoms with van der Waals surface area (Å²) in [5, 5.41) is 0. The Balaban J connectivity index is 1.95. The largest absolute Gasteiger partial charge is 0.476 e. The maximum Gasteiger partial charge on any atom is 0.250 e. The lowest BCUT2D eigenvalue weighted by atomic mass is 9.98. The number of nitrogens with two attached hydrogens (primary N) is 2. The van der Waals surface area contributed by atoms with E-state index in [0.29, 0.717) is 34.8 Å². The molecule has 0 unspecified atom stereocenters. The molecule has 156 valence electrons. The number of nitrogen functional groups attached to an aromatic ring is 2. The van der Waals surface area contributed by atoms with Crippen molar-refractivity contribution in [1.82, 2.24) is 29.9 Å². The molecule has 4 N–H and O–H groups in total. The summed E-state index contributed by atoms with van der Waals surface area (Å²) in [6.07, 6.45) is 4.79. The van der Waals surface area contributed by atoms with E-state index < -0.39 is 5.82 Å². The maximum atomic E-state index is 14.6. The first-order valence-electron chi connectivity index (χ1n) is 9.44. The Kier molecular flexibility index (Phi) is 5.35. The lowest BCUT2D eigenvalue weighted by Crippen LogP contribution is -2.06. The van der Waals surface area contributed by atoms with Crippen molar-refractivity contribution in [3.05, 3.63) is 54.5 Å². The number of aromatic nitrogens is 6. The zero-order chi connectivity index (χ0) is 22.0. The smallest absolute Gasteiger partial charge is 0.250 e. The minimum absolute atomic E-state index is 0.0652. The van der Waals surface area contributed by atoms with Crippen molar-refractivity contribution in [2.24, 2.45) is 0 Å². The van der Waals surface area contributed by atoms with Crippen LogP contribution in [0.3, 0.4) is 0 Å². The molecular formula is C21H19FN8O. The van der Waals surface area contributed by atoms with Crippen LogP contribution in [0.15, 0.2) is 42.9 Å². The van der Waals surface area contributed by atoms with E-state index in [2.05, 4.69) is 29.9 Å². The van der Waals surface area contributed by atoms with Gasteiger partial charge in [-0.2, -0.15) is 9.97 Å². The fourth-order valence-electron chi connectivity index (χ4n) is 3.10. The van der Waals surface area contributed by atoms with Gasteiger partial charge in [0.05, 0.1) is 17.9 Å². The molecule has 0 bridgehead atoms. The van der Waals surface area contributed by atoms with Gasteiger partial charge < -0.3 is 16.2 Å². The van der Waals surface area contributed by atoms with Gasteiger partial charge in [-0.1, -0.05) is 0 Å². The van der Waals surface area contributed by atoms with E-state index in [0.717, 1.165) is 5.56 Å². The average molecular weight is 418 g/mol. The van der Waals surface area contributed by atoms with Gasteiger partial charge in [0, 0.05) is 35.3 Å². The third-order valence-corrected chi connectivity index (χ3v) is 4.41. The van der Waals surface area contributed by atoms with Gasteiger partial charge in [-0.15, -0.1) is 0 Å². The van der Waals surface area contributed by atoms with Crippen molar-refractivity contribution in [3.8, 4) is 39.7 Å². The summed E-state index contributed by atoms with van der Waals surface area (Å²) in [6.45, 7) is 3.76. The molecule has 9 nitrogen and oxygen atoms in total. The van der Waals surface area contributed by atoms with Gasteiger partial charge in [-0.3, -0.25) is 4.98 Å². The average Bonchev–Trinajstić information content (AvgIpc) is 2.75. The molecule has 0 aliphatic heterocycles. The van der Waals surface area contributed by atoms with E-state index in [1.54, 1.807) is 44.4 Å². The molecular weight excluding hydrogens is 399 g/mol. The molecule has 0 aliphatic carbocycles. The van der Waals surface area contributed by atoms with Gasteiger partial charge in [0.2, 0.25) is 11.8 Å². The molecule has 0 saturated carbocycles. The molecule has 4 aromatic heterocycles. The molecule has 0 saturated heterocycles. The summed E-state index contributed by atoms with van der Waals surface area (Å²) in [5.41, 5.74) is 14.8. The van der Waals surface area contributed by atoms with Gasteiger partial charge >= 0.3 is 0 Å². The number of hydrogen-bond donors (Lipinski definition) is 2. The highest BCUT2D eigenvalue weighted by atomic mass is 19.1. The van der Waals surface area contributed by atoms with Crippen molar-refractivity contribution in [1.29, 1.82) is 0 Å². The first-order valence-corrected chi connectivity index (χ1v) is 9.44. The summed E-state index contributed by atoms with van der Waals surface area (Å²) in [5.74, 6) is 0.322. The second kappa shape index (κ2) is 8.27. The molecule has 31 heavy (non-hydrogen) atoms. The molecule has 4 rings (SSSR count). The number of ether oxygens (including phenoxy) is 1. The Morgan fingerprint density at radius 3 is 2.42 bits per heavy atom. The predicted octanol–water partition coefficient (Wildman–Crippen LogP) is 3.07. The molecule has 0 spiro atoms. The van der Waals surface area contributed by atoms with Crippen molar-refractivity contribution >= 4 is 11.8 Å². The van der Waals surface area contributed by atoms with Crippen LogP contribution >= 0.6 is 0 Å². The predicted molar refractivity (Wildman–Crippen MR) is 114 cm³/mol. The highest BCUT2D eigenvalue weighted by Gasteiger charge is 2.19. The highest BCUT2D eigenvalue weighted by molar-refractivity contribution is 5.87. The number of rotatable bonds is 5. The lowest BCUT2D eigenvalue weighted by molar-refractivity contribution is 0.307. The standard InChI is InChI=1S/C21H19FN8O/c1-3-31-20-16(22)8-13(10-26-20)14-9-15(19-27-11(2)28-21(24)30-19)18(23)29-17(14)12-4-6-25-7-5-12/h4-10H,3H2,1-2H3,(H2,23,29)(H2,24,27,28,30). The number of nitrogens with zero attached hydrogens (tertiary/aromatic N) is 6. The van der Waals surface area contributed by atoms with Crippen LogP contribution in [0.5, 0.6) is 5.88 Å². The van der Waals surface area contributed by atoms with E-state index in [4.69, 9.17) is 16.2 Å². The Bertz CT molecular complexity index is 1230. The quantitative estimate of drug-likeness (QED) is 0.500. The zero-order valence-corrected chi connectivity index (χ0v) is 16.9. The summed E-state index contributed by atoms with van der Waals surface area (Å²) in [6, 6.07) is 6.65. The minimum Gasteiger partial charge on any atom is -0.476 e. The Morgan fingerprint density at radius 1 is 0.968 bits per heavy atom. The van der Waals surface area contributed by atoms with Crippen LogP contribution in [-0.2, 0) is 0 Å². The molecule has 0 aromatic carbocycles. The zero-order valence-electron chi connectivity index (χ0n) is 16.9. The van der Waals surface area contributed by atoms with Gasteiger partial charge in [0.25, 0.3) is 0 Å². The van der Waals surface area contributed by atoms with Gasteiger partial charge in [-0.05, 0) is 38.1 Å². The maximum absolute atomic E-state index is 14.6. The summed E-state index contributed by atoms with van der Waals surface area (Å²) >= 11 is 0. The number of halogens is 1. The van der Waals surface area contributed by atoms with Crippen LogP contribution in [0.1, 0.15) is 12.7 Å². The van der Waals surface area contributed by atoms with Crippen molar-refractivity contribution in [3.63, 3.8) is 0 Å². The number of hydrogen-bond acceptors (Lipinski definition) is 9. The molecule has 0 fully saturated rings. The van der Waals surface area contributed by atoms with E-state index in [1.165, 1.54) is 12.3 Å². The van der Waals surface area contributed by atoms with Gasteiger partial charge in [0.15, 0.2) is 11.6 Å². The summed E-state index contributed by atoms with van der Waals surface area (Å²) in [7, 11) is 0. The SMILES string of the molecule is CCOc1ncc(-c2cc(-c3nc(C)nc(N)n3)c(N)nc2-c2ccncc2)cc1F. The summed E-state index contributed by atoms with van der Waals surface area (Å²) < 4.78 is 19.8. The van der Waals surface area contributed by atoms with Crippen LogP contribution in [0, 0.1) is 12.7 Å². The second-order valence-corrected chi connectivity index (χ2v) is 6.56. The second-order valence-electron chi connectivity index (χ2n) is 6.56. The van der Waals surface area contributed by atoms with E-state index in [-0.39, 0.29) is 23.5 Å². The topological polar surface area (TPSA) is 139 Å². The van der Waals surface area contributed by atoms with Crippen LogP contribution in [0.2, 0.25) is 0 Å². The third kappa shape index (κ3) is 4.08. The summed E-state index contributed by atoms with van der Waals surface area (Å²) in [4.78, 5) is 25.2. The molecule has 0 radical (unpaired) electrons. The Morgan fingerprint density at radius 2 is 1.74 bits per heavy atom. The normalized spacial score (nSPS) is 10.8. The first kappa shape index (κ1) is 20.1. The molecule has 0 amide bonds. The molecule has 10 heteroatoms. The number of aryl methyl sites for hydroxylation is 1. The van der Waals surface area contributed by atoms with Crippen molar-refractivity contribution in [2.45, 2.75) is 13.8 Å². The first-order chi connectivity index (χ1) is 15.0. The van der Waals surface area contributed by atoms with Gasteiger partial charge in [-0.25, -0.2) is 19.3 Å². The van der Waals surface area contributed by atoms with Crippen LogP contribution in [-0.4, -0.2) is 36.5 Å². The van der Waals surface area contributed by atoms with Crippen molar-refractivity contribution in [2.75, 3.05) is 18.1 Å². The molecule has 4 aromatic rings. The molecule has 0 atom stereocenters. The van der Waals surface area contributed by atoms with Crippen LogP contribution < -0.4 is 16.2 Å². The Hall–Kier alpha value is -4.21. The fraction of sp³-hybridized carbons (Fsp3) is 0.143. The van der Waals surface area contributed by atoms with Crippen molar-refractivity contribution < 1.29 is 9.13 Å². The number of anilines is 2. The lowest BCUT2D eigenvalue weighted by Gasteiger charge is -2.14. The third-order valence-electron chi connectivity index (χ3n) is 4.41.